The third kappa shape index (κ3) is 5.45. The van der Waals surface area contributed by atoms with Gasteiger partial charge in [0, 0.05) is 23.0 Å². The quantitative estimate of drug-likeness (QED) is 0.522. The zero-order valence-electron chi connectivity index (χ0n) is 7.52. The van der Waals surface area contributed by atoms with Gasteiger partial charge < -0.3 is 10.6 Å². The monoisotopic (exact) mass is 159 g/mol. The van der Waals surface area contributed by atoms with E-state index in [0.29, 0.717) is 0 Å². The Morgan fingerprint density at radius 3 is 1.91 bits per heavy atom. The minimum absolute atomic E-state index is 0. The molecule has 1 saturated heterocycles. The first-order chi connectivity index (χ1) is 5.35. The summed E-state index contributed by atoms with van der Waals surface area (Å²) in [6, 6.07) is 0. The van der Waals surface area contributed by atoms with Crippen LogP contribution in [0.3, 0.4) is 0 Å². The van der Waals surface area contributed by atoms with Crippen LogP contribution in [-0.4, -0.2) is 26.1 Å². The fourth-order valence-electron chi connectivity index (χ4n) is 0.582. The molecule has 0 aromatic rings. The normalized spacial score (nSPS) is 15.0. The highest BCUT2D eigenvalue weighted by Crippen LogP contribution is 1.72. The van der Waals surface area contributed by atoms with E-state index < -0.39 is 0 Å². The Morgan fingerprint density at radius 1 is 1.27 bits per heavy atom. The van der Waals surface area contributed by atoms with Crippen molar-refractivity contribution >= 4 is 5.96 Å². The number of hydrogen-bond acceptors (Lipinski definition) is 1. The highest BCUT2D eigenvalue weighted by atomic mass is 15.2. The van der Waals surface area contributed by atoms with Crippen LogP contribution < -0.4 is 10.6 Å². The molecule has 0 atom stereocenters. The number of allylic oxidation sites excluding steroid dienone is 2. The summed E-state index contributed by atoms with van der Waals surface area (Å²) in [4.78, 5) is 3.88. The first-order valence-corrected chi connectivity index (χ1v) is 3.87. The average Bonchev–Trinajstić information content (AvgIpc) is 2.56. The second-order valence-electron chi connectivity index (χ2n) is 2.09. The van der Waals surface area contributed by atoms with Crippen molar-refractivity contribution in [1.29, 1.82) is 0 Å². The van der Waals surface area contributed by atoms with Gasteiger partial charge in [-0.25, -0.2) is 0 Å². The lowest BCUT2D eigenvalue weighted by Gasteiger charge is -1.90. The van der Waals surface area contributed by atoms with Gasteiger partial charge in [-0.3, -0.25) is 4.99 Å². The predicted octanol–water partition coefficient (Wildman–Crippen LogP) is 1.24. The third-order valence-corrected chi connectivity index (χ3v) is 1.27. The second-order valence-corrected chi connectivity index (χ2v) is 2.09. The maximum absolute atomic E-state index is 3.88. The lowest BCUT2D eigenvalue weighted by molar-refractivity contribution is 0.942. The summed E-state index contributed by atoms with van der Waals surface area (Å²) in [5, 5.41) is 6.09. The van der Waals surface area contributed by atoms with Crippen molar-refractivity contribution in [3.63, 3.8) is 0 Å². The van der Waals surface area contributed by atoms with Crippen LogP contribution in [-0.2, 0) is 0 Å². The van der Waals surface area contributed by atoms with Crippen LogP contribution >= 0.6 is 0 Å². The molecule has 3 nitrogen and oxygen atoms in total. The van der Waals surface area contributed by atoms with Crippen molar-refractivity contribution in [3.8, 4) is 0 Å². The van der Waals surface area contributed by atoms with E-state index in [9.17, 15) is 0 Å². The largest absolute Gasteiger partial charge is 0.355 e. The molecule has 1 aliphatic rings. The van der Waals surface area contributed by atoms with Gasteiger partial charge in [0.2, 0.25) is 0 Å². The molecular formula is C8H21N3. The van der Waals surface area contributed by atoms with Crippen molar-refractivity contribution in [3.05, 3.63) is 12.2 Å². The summed E-state index contributed by atoms with van der Waals surface area (Å²) < 4.78 is 0. The molecule has 1 heterocycles. The summed E-state index contributed by atoms with van der Waals surface area (Å²) in [6.07, 6.45) is 4.00. The standard InChI is InChI=1S/C4H9N3.C4H8.2H2/c1-5-4-6-2-3-7-4;1-3-4-2;;/h2-3H2,1H3,(H2,5,6,7);3-4H,1-2H3;2*1H/b;4-3-;;. The minimum Gasteiger partial charge on any atom is -0.355 e. The van der Waals surface area contributed by atoms with Gasteiger partial charge in [-0.15, -0.1) is 0 Å². The Labute approximate surface area is 71.6 Å². The maximum Gasteiger partial charge on any atom is 0.191 e. The summed E-state index contributed by atoms with van der Waals surface area (Å²) >= 11 is 0. The molecule has 0 aliphatic carbocycles. The van der Waals surface area contributed by atoms with Crippen LogP contribution in [0.2, 0.25) is 0 Å². The number of aliphatic imine (C=N–C) groups is 1. The smallest absolute Gasteiger partial charge is 0.191 e. The number of rotatable bonds is 0. The SMILES string of the molecule is C/C=C\C.CN=C1NCCN1.[HH].[HH]. The molecule has 1 rings (SSSR count). The summed E-state index contributed by atoms with van der Waals surface area (Å²) in [5.41, 5.74) is 0. The molecule has 1 fully saturated rings. The van der Waals surface area contributed by atoms with E-state index in [4.69, 9.17) is 0 Å². The van der Waals surface area contributed by atoms with Crippen LogP contribution in [0.4, 0.5) is 0 Å². The Morgan fingerprint density at radius 2 is 1.73 bits per heavy atom. The first-order valence-electron chi connectivity index (χ1n) is 3.87. The van der Waals surface area contributed by atoms with Crippen molar-refractivity contribution in [2.45, 2.75) is 13.8 Å². The van der Waals surface area contributed by atoms with Crippen molar-refractivity contribution in [1.82, 2.24) is 10.6 Å². The van der Waals surface area contributed by atoms with E-state index in [1.807, 2.05) is 26.0 Å². The molecule has 0 amide bonds. The maximum atomic E-state index is 3.88. The topological polar surface area (TPSA) is 36.4 Å². The second kappa shape index (κ2) is 7.12. The summed E-state index contributed by atoms with van der Waals surface area (Å²) in [6.45, 7) is 6.01. The van der Waals surface area contributed by atoms with E-state index in [1.54, 1.807) is 7.05 Å². The van der Waals surface area contributed by atoms with E-state index in [1.165, 1.54) is 0 Å². The van der Waals surface area contributed by atoms with Gasteiger partial charge in [-0.2, -0.15) is 0 Å². The Balaban J connectivity index is -0.000000150. The van der Waals surface area contributed by atoms with Crippen LogP contribution in [0.1, 0.15) is 16.7 Å². The van der Waals surface area contributed by atoms with Crippen molar-refractivity contribution in [2.24, 2.45) is 4.99 Å². The van der Waals surface area contributed by atoms with E-state index >= 15 is 0 Å². The molecule has 11 heavy (non-hydrogen) atoms. The molecule has 2 N–H and O–H groups in total. The Kier molecular flexibility index (Phi) is 6.48. The van der Waals surface area contributed by atoms with E-state index in [0.717, 1.165) is 19.0 Å². The number of nitrogens with zero attached hydrogens (tertiary/aromatic N) is 1. The lowest BCUT2D eigenvalue weighted by Crippen LogP contribution is -2.23. The van der Waals surface area contributed by atoms with Gasteiger partial charge in [0.05, 0.1) is 0 Å². The molecule has 0 unspecified atom stereocenters. The molecule has 68 valence electrons. The number of guanidine groups is 1. The molecule has 0 aromatic heterocycles. The molecule has 0 bridgehead atoms. The number of nitrogens with one attached hydrogen (secondary N) is 2. The predicted molar refractivity (Wildman–Crippen MR) is 54.1 cm³/mol. The van der Waals surface area contributed by atoms with Gasteiger partial charge in [0.1, 0.15) is 0 Å². The van der Waals surface area contributed by atoms with E-state index in [2.05, 4.69) is 15.6 Å². The molecular weight excluding hydrogens is 138 g/mol. The van der Waals surface area contributed by atoms with Gasteiger partial charge in [0.25, 0.3) is 0 Å². The van der Waals surface area contributed by atoms with Crippen LogP contribution in [0.15, 0.2) is 17.1 Å². The molecule has 0 spiro atoms. The highest BCUT2D eigenvalue weighted by molar-refractivity contribution is 5.81. The zero-order chi connectivity index (χ0) is 8.53. The Hall–Kier alpha value is -0.990. The molecule has 0 radical (unpaired) electrons. The fraction of sp³-hybridized carbons (Fsp3) is 0.625. The Bertz CT molecular complexity index is 134. The fourth-order valence-corrected chi connectivity index (χ4v) is 0.582. The van der Waals surface area contributed by atoms with Crippen LogP contribution in [0.5, 0.6) is 0 Å². The van der Waals surface area contributed by atoms with Gasteiger partial charge >= 0.3 is 0 Å². The summed E-state index contributed by atoms with van der Waals surface area (Å²) in [5.74, 6) is 0.917. The van der Waals surface area contributed by atoms with Gasteiger partial charge in [0.15, 0.2) is 5.96 Å². The molecule has 0 aromatic carbocycles. The zero-order valence-corrected chi connectivity index (χ0v) is 7.52. The molecule has 1 aliphatic heterocycles. The van der Waals surface area contributed by atoms with Crippen LogP contribution in [0, 0.1) is 0 Å². The van der Waals surface area contributed by atoms with Gasteiger partial charge in [-0.1, -0.05) is 12.2 Å². The van der Waals surface area contributed by atoms with Gasteiger partial charge in [-0.05, 0) is 13.8 Å². The average molecular weight is 159 g/mol. The van der Waals surface area contributed by atoms with Crippen molar-refractivity contribution < 1.29 is 2.85 Å². The van der Waals surface area contributed by atoms with Crippen LogP contribution in [0.25, 0.3) is 0 Å². The molecule has 0 saturated carbocycles. The minimum atomic E-state index is 0. The summed E-state index contributed by atoms with van der Waals surface area (Å²) in [7, 11) is 1.76. The number of hydrogen-bond donors (Lipinski definition) is 2. The van der Waals surface area contributed by atoms with Crippen molar-refractivity contribution in [2.75, 3.05) is 20.1 Å². The molecule has 3 heteroatoms. The first kappa shape index (κ1) is 10.0. The lowest BCUT2D eigenvalue weighted by atomic mass is 10.6. The van der Waals surface area contributed by atoms with E-state index in [-0.39, 0.29) is 2.85 Å². The third-order valence-electron chi connectivity index (χ3n) is 1.27. The highest BCUT2D eigenvalue weighted by Gasteiger charge is 2.00.